The number of rotatable bonds is 5. The second kappa shape index (κ2) is 6.93. The number of nitrogens with one attached hydrogen (secondary N) is 1. The third kappa shape index (κ3) is 3.77. The van der Waals surface area contributed by atoms with Gasteiger partial charge < -0.3 is 14.7 Å². The van der Waals surface area contributed by atoms with Crippen LogP contribution in [0.2, 0.25) is 0 Å². The van der Waals surface area contributed by atoms with Crippen molar-refractivity contribution in [3.05, 3.63) is 34.1 Å². The summed E-state index contributed by atoms with van der Waals surface area (Å²) in [5.74, 6) is 2.52. The summed E-state index contributed by atoms with van der Waals surface area (Å²) >= 11 is 1.66. The maximum atomic E-state index is 12.4. The van der Waals surface area contributed by atoms with Crippen molar-refractivity contribution in [2.75, 3.05) is 13.1 Å². The van der Waals surface area contributed by atoms with Crippen molar-refractivity contribution in [2.45, 2.75) is 44.6 Å². The molecule has 2 amide bonds. The lowest BCUT2D eigenvalue weighted by atomic mass is 9.95. The molecule has 1 saturated carbocycles. The lowest BCUT2D eigenvalue weighted by molar-refractivity contribution is 0.161. The van der Waals surface area contributed by atoms with Crippen molar-refractivity contribution < 1.29 is 9.32 Å². The molecule has 0 spiro atoms. The molecule has 3 heterocycles. The third-order valence-corrected chi connectivity index (χ3v) is 5.57. The quantitative estimate of drug-likeness (QED) is 0.903. The standard InChI is InChI=1S/C17H22N4O2S/c22-17(18-10-14-4-2-8-24-14)21-7-1-3-12(11-21)9-15-19-16(20-23-15)13-5-6-13/h2,4,8,12-13H,1,3,5-7,9-11H2,(H,18,22). The number of nitrogens with zero attached hydrogens (tertiary/aromatic N) is 3. The molecule has 1 aliphatic carbocycles. The van der Waals surface area contributed by atoms with E-state index in [0.717, 1.165) is 44.1 Å². The molecule has 1 aliphatic heterocycles. The van der Waals surface area contributed by atoms with E-state index in [9.17, 15) is 4.79 Å². The second-order valence-electron chi connectivity index (χ2n) is 6.72. The van der Waals surface area contributed by atoms with Crippen LogP contribution in [-0.2, 0) is 13.0 Å². The van der Waals surface area contributed by atoms with Crippen LogP contribution in [0.1, 0.15) is 48.2 Å². The molecule has 1 unspecified atom stereocenters. The average molecular weight is 346 g/mol. The second-order valence-corrected chi connectivity index (χ2v) is 7.75. The zero-order chi connectivity index (χ0) is 16.4. The van der Waals surface area contributed by atoms with E-state index >= 15 is 0 Å². The van der Waals surface area contributed by atoms with Gasteiger partial charge in [-0.05, 0) is 43.0 Å². The summed E-state index contributed by atoms with van der Waals surface area (Å²) in [6, 6.07) is 4.07. The molecule has 128 valence electrons. The number of urea groups is 1. The van der Waals surface area contributed by atoms with E-state index in [2.05, 4.69) is 15.5 Å². The number of amides is 2. The van der Waals surface area contributed by atoms with Gasteiger partial charge in [0, 0.05) is 30.3 Å². The highest BCUT2D eigenvalue weighted by Crippen LogP contribution is 2.38. The number of likely N-dealkylation sites (tertiary alicyclic amines) is 1. The minimum Gasteiger partial charge on any atom is -0.339 e. The minimum atomic E-state index is 0.0253. The summed E-state index contributed by atoms with van der Waals surface area (Å²) in [7, 11) is 0. The highest BCUT2D eigenvalue weighted by Gasteiger charge is 2.30. The molecule has 2 fully saturated rings. The first-order valence-electron chi connectivity index (χ1n) is 8.65. The maximum Gasteiger partial charge on any atom is 0.317 e. The highest BCUT2D eigenvalue weighted by molar-refractivity contribution is 7.09. The fourth-order valence-corrected chi connectivity index (χ4v) is 3.85. The third-order valence-electron chi connectivity index (χ3n) is 4.69. The Morgan fingerprint density at radius 2 is 2.33 bits per heavy atom. The molecule has 2 aromatic rings. The van der Waals surface area contributed by atoms with Gasteiger partial charge in [0.15, 0.2) is 5.82 Å². The van der Waals surface area contributed by atoms with Gasteiger partial charge in [-0.3, -0.25) is 0 Å². The molecule has 2 aliphatic rings. The monoisotopic (exact) mass is 346 g/mol. The zero-order valence-electron chi connectivity index (χ0n) is 13.6. The van der Waals surface area contributed by atoms with Crippen LogP contribution in [0.25, 0.3) is 0 Å². The lowest BCUT2D eigenvalue weighted by Crippen LogP contribution is -2.45. The van der Waals surface area contributed by atoms with Gasteiger partial charge >= 0.3 is 6.03 Å². The predicted molar refractivity (Wildman–Crippen MR) is 90.8 cm³/mol. The van der Waals surface area contributed by atoms with Gasteiger partial charge in [0.1, 0.15) is 0 Å². The Labute approximate surface area is 145 Å². The molecule has 2 aromatic heterocycles. The van der Waals surface area contributed by atoms with Crippen LogP contribution in [-0.4, -0.2) is 34.2 Å². The van der Waals surface area contributed by atoms with E-state index in [1.807, 2.05) is 22.4 Å². The van der Waals surface area contributed by atoms with Crippen LogP contribution in [0.4, 0.5) is 4.79 Å². The summed E-state index contributed by atoms with van der Waals surface area (Å²) < 4.78 is 5.38. The molecule has 0 bridgehead atoms. The number of hydrogen-bond donors (Lipinski definition) is 1. The zero-order valence-corrected chi connectivity index (χ0v) is 14.4. The molecule has 4 rings (SSSR count). The Kier molecular flexibility index (Phi) is 4.51. The van der Waals surface area contributed by atoms with Gasteiger partial charge in [-0.2, -0.15) is 4.98 Å². The summed E-state index contributed by atoms with van der Waals surface area (Å²) in [6.07, 6.45) is 5.27. The number of hydrogen-bond acceptors (Lipinski definition) is 5. The van der Waals surface area contributed by atoms with Crippen molar-refractivity contribution in [1.82, 2.24) is 20.4 Å². The van der Waals surface area contributed by atoms with Crippen LogP contribution in [0.3, 0.4) is 0 Å². The lowest BCUT2D eigenvalue weighted by Gasteiger charge is -2.32. The minimum absolute atomic E-state index is 0.0253. The van der Waals surface area contributed by atoms with Crippen molar-refractivity contribution in [3.63, 3.8) is 0 Å². The molecule has 1 saturated heterocycles. The van der Waals surface area contributed by atoms with Gasteiger partial charge in [-0.15, -0.1) is 11.3 Å². The number of aromatic nitrogens is 2. The van der Waals surface area contributed by atoms with Gasteiger partial charge in [0.25, 0.3) is 0 Å². The van der Waals surface area contributed by atoms with E-state index in [0.29, 0.717) is 18.4 Å². The Balaban J connectivity index is 1.28. The number of carbonyl (C=O) groups is 1. The first-order chi connectivity index (χ1) is 11.8. The number of thiophene rings is 1. The van der Waals surface area contributed by atoms with E-state index < -0.39 is 0 Å². The van der Waals surface area contributed by atoms with Gasteiger partial charge in [-0.25, -0.2) is 4.79 Å². The normalized spacial score (nSPS) is 21.0. The molecule has 1 atom stereocenters. The fourth-order valence-electron chi connectivity index (χ4n) is 3.21. The molecule has 0 aromatic carbocycles. The maximum absolute atomic E-state index is 12.4. The van der Waals surface area contributed by atoms with Crippen LogP contribution in [0.5, 0.6) is 0 Å². The van der Waals surface area contributed by atoms with Gasteiger partial charge in [0.2, 0.25) is 5.89 Å². The molecular formula is C17H22N4O2S. The summed E-state index contributed by atoms with van der Waals surface area (Å²) in [4.78, 5) is 20.0. The average Bonchev–Trinajstić information content (AvgIpc) is 3.12. The largest absolute Gasteiger partial charge is 0.339 e. The smallest absolute Gasteiger partial charge is 0.317 e. The van der Waals surface area contributed by atoms with Crippen LogP contribution in [0, 0.1) is 5.92 Å². The molecule has 1 N–H and O–H groups in total. The SMILES string of the molecule is O=C(NCc1cccs1)N1CCCC(Cc2nc(C3CC3)no2)C1. The predicted octanol–water partition coefficient (Wildman–Crippen LogP) is 3.17. The fraction of sp³-hybridized carbons (Fsp3) is 0.588. The molecule has 24 heavy (non-hydrogen) atoms. The molecule has 7 heteroatoms. The van der Waals surface area contributed by atoms with Crippen molar-refractivity contribution in [2.24, 2.45) is 5.92 Å². The van der Waals surface area contributed by atoms with Crippen LogP contribution < -0.4 is 5.32 Å². The van der Waals surface area contributed by atoms with Crippen molar-refractivity contribution in [1.29, 1.82) is 0 Å². The Bertz CT molecular complexity index is 681. The van der Waals surface area contributed by atoms with Gasteiger partial charge in [0.05, 0.1) is 6.54 Å². The Morgan fingerprint density at radius 3 is 3.12 bits per heavy atom. The van der Waals surface area contributed by atoms with Crippen molar-refractivity contribution in [3.8, 4) is 0 Å². The van der Waals surface area contributed by atoms with E-state index in [1.54, 1.807) is 11.3 Å². The van der Waals surface area contributed by atoms with Crippen LogP contribution >= 0.6 is 11.3 Å². The van der Waals surface area contributed by atoms with E-state index in [-0.39, 0.29) is 6.03 Å². The molecule has 0 radical (unpaired) electrons. The van der Waals surface area contributed by atoms with Crippen molar-refractivity contribution >= 4 is 17.4 Å². The van der Waals surface area contributed by atoms with Gasteiger partial charge in [-0.1, -0.05) is 11.2 Å². The summed E-state index contributed by atoms with van der Waals surface area (Å²) in [5.41, 5.74) is 0. The molecule has 6 nitrogen and oxygen atoms in total. The first-order valence-corrected chi connectivity index (χ1v) is 9.53. The topological polar surface area (TPSA) is 71.3 Å². The van der Waals surface area contributed by atoms with Crippen LogP contribution in [0.15, 0.2) is 22.0 Å². The van der Waals surface area contributed by atoms with E-state index in [1.165, 1.54) is 17.7 Å². The number of piperidine rings is 1. The first kappa shape index (κ1) is 15.6. The molecular weight excluding hydrogens is 324 g/mol. The number of carbonyl (C=O) groups excluding carboxylic acids is 1. The Hall–Kier alpha value is -1.89. The Morgan fingerprint density at radius 1 is 1.42 bits per heavy atom. The summed E-state index contributed by atoms with van der Waals surface area (Å²) in [6.45, 7) is 2.19. The highest BCUT2D eigenvalue weighted by atomic mass is 32.1. The summed E-state index contributed by atoms with van der Waals surface area (Å²) in [5, 5.41) is 9.12. The van der Waals surface area contributed by atoms with E-state index in [4.69, 9.17) is 4.52 Å².